The maximum absolute atomic E-state index is 5.57. The van der Waals surface area contributed by atoms with E-state index in [0.717, 1.165) is 18.8 Å². The number of fused-ring (bicyclic) bond motifs is 1. The average molecular weight is 267 g/mol. The molecule has 1 aliphatic heterocycles. The number of hydrogen-bond donors (Lipinski definition) is 1. The van der Waals surface area contributed by atoms with Gasteiger partial charge < -0.3 is 10.1 Å². The van der Waals surface area contributed by atoms with Crippen molar-refractivity contribution in [3.05, 3.63) is 58.7 Å². The average Bonchev–Trinajstić information content (AvgIpc) is 2.91. The van der Waals surface area contributed by atoms with Crippen molar-refractivity contribution in [1.82, 2.24) is 0 Å². The molecule has 104 valence electrons. The van der Waals surface area contributed by atoms with Crippen LogP contribution in [0.3, 0.4) is 0 Å². The van der Waals surface area contributed by atoms with Crippen LogP contribution in [0.2, 0.25) is 0 Å². The van der Waals surface area contributed by atoms with Gasteiger partial charge in [-0.1, -0.05) is 18.2 Å². The molecule has 0 aromatic heterocycles. The highest BCUT2D eigenvalue weighted by Gasteiger charge is 2.15. The van der Waals surface area contributed by atoms with Crippen molar-refractivity contribution in [1.29, 1.82) is 0 Å². The number of hydrogen-bond acceptors (Lipinski definition) is 2. The molecular weight excluding hydrogens is 246 g/mol. The monoisotopic (exact) mass is 267 g/mol. The summed E-state index contributed by atoms with van der Waals surface area (Å²) in [6.45, 7) is 7.34. The largest absolute Gasteiger partial charge is 0.493 e. The molecule has 0 saturated carbocycles. The minimum absolute atomic E-state index is 0.293. The quantitative estimate of drug-likeness (QED) is 0.889. The Morgan fingerprint density at radius 2 is 2.00 bits per heavy atom. The summed E-state index contributed by atoms with van der Waals surface area (Å²) >= 11 is 0. The second-order valence-corrected chi connectivity index (χ2v) is 5.58. The minimum atomic E-state index is 0.293. The predicted molar refractivity (Wildman–Crippen MR) is 83.6 cm³/mol. The van der Waals surface area contributed by atoms with E-state index in [0.29, 0.717) is 6.04 Å². The number of rotatable bonds is 3. The van der Waals surface area contributed by atoms with Gasteiger partial charge in [0.15, 0.2) is 0 Å². The topological polar surface area (TPSA) is 21.3 Å². The van der Waals surface area contributed by atoms with Crippen molar-refractivity contribution in [3.63, 3.8) is 0 Å². The molecule has 1 unspecified atom stereocenters. The molecule has 2 nitrogen and oxygen atoms in total. The Morgan fingerprint density at radius 3 is 2.85 bits per heavy atom. The van der Waals surface area contributed by atoms with Crippen LogP contribution in [0.1, 0.15) is 35.2 Å². The normalized spacial score (nSPS) is 14.6. The molecule has 1 atom stereocenters. The van der Waals surface area contributed by atoms with Crippen LogP contribution in [0.25, 0.3) is 0 Å². The zero-order valence-corrected chi connectivity index (χ0v) is 12.4. The molecule has 0 radical (unpaired) electrons. The molecule has 1 heterocycles. The highest BCUT2D eigenvalue weighted by molar-refractivity contribution is 5.55. The van der Waals surface area contributed by atoms with Gasteiger partial charge in [0, 0.05) is 18.2 Å². The lowest BCUT2D eigenvalue weighted by Gasteiger charge is -2.19. The van der Waals surface area contributed by atoms with Gasteiger partial charge in [0.25, 0.3) is 0 Å². The van der Waals surface area contributed by atoms with Crippen molar-refractivity contribution < 1.29 is 4.74 Å². The van der Waals surface area contributed by atoms with Crippen LogP contribution < -0.4 is 10.1 Å². The van der Waals surface area contributed by atoms with Crippen LogP contribution in [0.15, 0.2) is 36.4 Å². The molecule has 2 heteroatoms. The third-order valence-electron chi connectivity index (χ3n) is 4.19. The Kier molecular flexibility index (Phi) is 3.39. The van der Waals surface area contributed by atoms with Gasteiger partial charge in [0.1, 0.15) is 5.75 Å². The maximum atomic E-state index is 5.57. The molecule has 0 aliphatic carbocycles. The van der Waals surface area contributed by atoms with Gasteiger partial charge >= 0.3 is 0 Å². The Balaban J connectivity index is 1.82. The number of aryl methyl sites for hydroxylation is 1. The molecule has 1 aliphatic rings. The zero-order chi connectivity index (χ0) is 14.1. The lowest BCUT2D eigenvalue weighted by atomic mass is 10.0. The fourth-order valence-electron chi connectivity index (χ4n) is 2.70. The molecule has 2 aromatic rings. The second kappa shape index (κ2) is 5.20. The third kappa shape index (κ3) is 2.38. The van der Waals surface area contributed by atoms with E-state index in [9.17, 15) is 0 Å². The second-order valence-electron chi connectivity index (χ2n) is 5.58. The lowest BCUT2D eigenvalue weighted by molar-refractivity contribution is 0.357. The predicted octanol–water partition coefficient (Wildman–Crippen LogP) is 4.41. The minimum Gasteiger partial charge on any atom is -0.493 e. The van der Waals surface area contributed by atoms with Gasteiger partial charge in [-0.15, -0.1) is 0 Å². The van der Waals surface area contributed by atoms with Crippen LogP contribution >= 0.6 is 0 Å². The Bertz CT molecular complexity index is 633. The Morgan fingerprint density at radius 1 is 1.15 bits per heavy atom. The van der Waals surface area contributed by atoms with E-state index in [-0.39, 0.29) is 0 Å². The zero-order valence-electron chi connectivity index (χ0n) is 12.4. The van der Waals surface area contributed by atoms with E-state index < -0.39 is 0 Å². The highest BCUT2D eigenvalue weighted by Crippen LogP contribution is 2.30. The van der Waals surface area contributed by atoms with Crippen molar-refractivity contribution in [2.75, 3.05) is 11.9 Å². The summed E-state index contributed by atoms with van der Waals surface area (Å²) < 4.78 is 5.57. The van der Waals surface area contributed by atoms with Gasteiger partial charge in [-0.2, -0.15) is 0 Å². The first-order valence-electron chi connectivity index (χ1n) is 7.23. The summed E-state index contributed by atoms with van der Waals surface area (Å²) in [4.78, 5) is 0. The number of anilines is 1. The van der Waals surface area contributed by atoms with Crippen LogP contribution in [-0.2, 0) is 6.42 Å². The van der Waals surface area contributed by atoms with Crippen molar-refractivity contribution >= 4 is 5.69 Å². The van der Waals surface area contributed by atoms with Crippen molar-refractivity contribution in [3.8, 4) is 5.75 Å². The van der Waals surface area contributed by atoms with Gasteiger partial charge in [0.05, 0.1) is 6.61 Å². The van der Waals surface area contributed by atoms with Crippen LogP contribution in [0.5, 0.6) is 5.75 Å². The van der Waals surface area contributed by atoms with Crippen LogP contribution in [0.4, 0.5) is 5.69 Å². The summed E-state index contributed by atoms with van der Waals surface area (Å²) in [5.74, 6) is 1.05. The summed E-state index contributed by atoms with van der Waals surface area (Å²) in [6, 6.07) is 13.2. The molecule has 20 heavy (non-hydrogen) atoms. The maximum Gasteiger partial charge on any atom is 0.122 e. The first kappa shape index (κ1) is 13.0. The number of nitrogens with one attached hydrogen (secondary N) is 1. The standard InChI is InChI=1S/C18H21NO/c1-12-5-4-6-17(13(12)2)19-14(3)15-7-8-18-16(11-15)9-10-20-18/h4-8,11,14,19H,9-10H2,1-3H3. The summed E-state index contributed by atoms with van der Waals surface area (Å²) in [5.41, 5.74) is 6.51. The molecule has 0 fully saturated rings. The number of benzene rings is 2. The molecule has 2 aromatic carbocycles. The fourth-order valence-corrected chi connectivity index (χ4v) is 2.70. The molecule has 0 bridgehead atoms. The van der Waals surface area contributed by atoms with E-state index >= 15 is 0 Å². The molecule has 0 spiro atoms. The van der Waals surface area contributed by atoms with Gasteiger partial charge in [-0.3, -0.25) is 0 Å². The van der Waals surface area contributed by atoms with E-state index in [1.54, 1.807) is 0 Å². The number of ether oxygens (including phenoxy) is 1. The molecule has 0 amide bonds. The van der Waals surface area contributed by atoms with E-state index in [2.05, 4.69) is 62.5 Å². The Hall–Kier alpha value is -1.96. The smallest absolute Gasteiger partial charge is 0.122 e. The van der Waals surface area contributed by atoms with Crippen LogP contribution in [0, 0.1) is 13.8 Å². The van der Waals surface area contributed by atoms with Crippen molar-refractivity contribution in [2.24, 2.45) is 0 Å². The summed E-state index contributed by atoms with van der Waals surface area (Å²) in [6.07, 6.45) is 1.03. The van der Waals surface area contributed by atoms with E-state index in [4.69, 9.17) is 4.74 Å². The van der Waals surface area contributed by atoms with Crippen molar-refractivity contribution in [2.45, 2.75) is 33.2 Å². The van der Waals surface area contributed by atoms with Gasteiger partial charge in [0.2, 0.25) is 0 Å². The lowest BCUT2D eigenvalue weighted by Crippen LogP contribution is -2.08. The molecule has 0 saturated heterocycles. The molecule has 3 rings (SSSR count). The SMILES string of the molecule is Cc1cccc(NC(C)c2ccc3c(c2)CCO3)c1C. The molecular formula is C18H21NO. The third-order valence-corrected chi connectivity index (χ3v) is 4.19. The summed E-state index contributed by atoms with van der Waals surface area (Å²) in [5, 5.41) is 3.62. The molecule has 1 N–H and O–H groups in total. The Labute approximate surface area is 120 Å². The van der Waals surface area contributed by atoms with Crippen LogP contribution in [-0.4, -0.2) is 6.61 Å². The first-order valence-corrected chi connectivity index (χ1v) is 7.23. The fraction of sp³-hybridized carbons (Fsp3) is 0.333. The highest BCUT2D eigenvalue weighted by atomic mass is 16.5. The van der Waals surface area contributed by atoms with Gasteiger partial charge in [-0.25, -0.2) is 0 Å². The van der Waals surface area contributed by atoms with E-state index in [1.807, 2.05) is 0 Å². The van der Waals surface area contributed by atoms with Gasteiger partial charge in [-0.05, 0) is 61.2 Å². The first-order chi connectivity index (χ1) is 9.65. The van der Waals surface area contributed by atoms with E-state index in [1.165, 1.54) is 27.9 Å². The summed E-state index contributed by atoms with van der Waals surface area (Å²) in [7, 11) is 0.